The van der Waals surface area contributed by atoms with Gasteiger partial charge in [-0.15, -0.1) is 0 Å². The van der Waals surface area contributed by atoms with Gasteiger partial charge in [0, 0.05) is 26.4 Å². The van der Waals surface area contributed by atoms with Gasteiger partial charge in [0.15, 0.2) is 0 Å². The molecule has 0 aromatic carbocycles. The summed E-state index contributed by atoms with van der Waals surface area (Å²) in [6.45, 7) is 0.807. The highest BCUT2D eigenvalue weighted by Gasteiger charge is 2.15. The molecule has 6 heteroatoms. The smallest absolute Gasteiger partial charge is 0.255 e. The third-order valence-corrected chi connectivity index (χ3v) is 2.91. The number of carbonyl (C=O) groups excluding carboxylic acids is 1. The van der Waals surface area contributed by atoms with Gasteiger partial charge in [0.25, 0.3) is 5.91 Å². The van der Waals surface area contributed by atoms with Gasteiger partial charge < -0.3 is 15.7 Å². The van der Waals surface area contributed by atoms with Crippen molar-refractivity contribution in [1.29, 1.82) is 0 Å². The quantitative estimate of drug-likeness (QED) is 0.770. The molecule has 18 heavy (non-hydrogen) atoms. The van der Waals surface area contributed by atoms with E-state index in [2.05, 4.69) is 4.98 Å². The van der Waals surface area contributed by atoms with Gasteiger partial charge in [-0.1, -0.05) is 11.6 Å². The van der Waals surface area contributed by atoms with Gasteiger partial charge in [-0.3, -0.25) is 4.79 Å². The number of halogens is 1. The summed E-state index contributed by atoms with van der Waals surface area (Å²) in [5.74, 6) is 0.106. The van der Waals surface area contributed by atoms with E-state index in [-0.39, 0.29) is 18.3 Å². The first-order chi connectivity index (χ1) is 8.56. The maximum atomic E-state index is 12.1. The van der Waals surface area contributed by atoms with Gasteiger partial charge in [-0.2, -0.15) is 0 Å². The summed E-state index contributed by atoms with van der Waals surface area (Å²) in [5.41, 5.74) is 5.91. The van der Waals surface area contributed by atoms with E-state index in [1.807, 2.05) is 0 Å². The second kappa shape index (κ2) is 7.18. The highest BCUT2D eigenvalue weighted by molar-refractivity contribution is 6.33. The minimum absolute atomic E-state index is 0.168. The summed E-state index contributed by atoms with van der Waals surface area (Å²) in [4.78, 5) is 17.5. The molecular formula is C12H18ClN3O2. The van der Waals surface area contributed by atoms with Gasteiger partial charge >= 0.3 is 0 Å². The average molecular weight is 272 g/mol. The summed E-state index contributed by atoms with van der Waals surface area (Å²) in [6.07, 6.45) is 3.87. The molecule has 0 fully saturated rings. The average Bonchev–Trinajstić information content (AvgIpc) is 2.36. The molecule has 0 saturated heterocycles. The van der Waals surface area contributed by atoms with E-state index < -0.39 is 0 Å². The molecule has 1 rings (SSSR count). The van der Waals surface area contributed by atoms with Crippen molar-refractivity contribution in [3.05, 3.63) is 22.8 Å². The number of aliphatic hydroxyl groups is 1. The Morgan fingerprint density at radius 1 is 1.50 bits per heavy atom. The fraction of sp³-hybridized carbons (Fsp3) is 0.500. The lowest BCUT2D eigenvalue weighted by Gasteiger charge is -2.17. The molecule has 0 spiro atoms. The summed E-state index contributed by atoms with van der Waals surface area (Å²) < 4.78 is 0. The van der Waals surface area contributed by atoms with Crippen LogP contribution in [0.25, 0.3) is 0 Å². The van der Waals surface area contributed by atoms with Crippen LogP contribution in [-0.2, 0) is 0 Å². The van der Waals surface area contributed by atoms with Crippen molar-refractivity contribution in [2.45, 2.75) is 19.3 Å². The molecule has 3 N–H and O–H groups in total. The largest absolute Gasteiger partial charge is 0.396 e. The monoisotopic (exact) mass is 271 g/mol. The number of nitrogen functional groups attached to an aromatic ring is 1. The predicted octanol–water partition coefficient (Wildman–Crippen LogP) is 1.55. The third-order valence-electron chi connectivity index (χ3n) is 2.61. The number of nitrogens with two attached hydrogens (primary N) is 1. The SMILES string of the molecule is CN(CCCCCO)C(=O)c1cc(N)ncc1Cl. The molecule has 0 unspecified atom stereocenters. The molecule has 1 aromatic heterocycles. The molecule has 0 aliphatic heterocycles. The number of nitrogens with zero attached hydrogens (tertiary/aromatic N) is 2. The van der Waals surface area contributed by atoms with Gasteiger partial charge in [-0.25, -0.2) is 4.98 Å². The topological polar surface area (TPSA) is 79.5 Å². The van der Waals surface area contributed by atoms with Crippen LogP contribution in [0, 0.1) is 0 Å². The normalized spacial score (nSPS) is 10.4. The minimum atomic E-state index is -0.168. The number of unbranched alkanes of at least 4 members (excludes halogenated alkanes) is 2. The van der Waals surface area contributed by atoms with Gasteiger partial charge in [0.1, 0.15) is 5.82 Å². The van der Waals surface area contributed by atoms with Crippen LogP contribution in [0.15, 0.2) is 12.3 Å². The first-order valence-electron chi connectivity index (χ1n) is 5.83. The number of aromatic nitrogens is 1. The van der Waals surface area contributed by atoms with E-state index in [0.717, 1.165) is 19.3 Å². The summed E-state index contributed by atoms with van der Waals surface area (Å²) >= 11 is 5.92. The zero-order valence-electron chi connectivity index (χ0n) is 10.4. The lowest BCUT2D eigenvalue weighted by molar-refractivity contribution is 0.0792. The highest BCUT2D eigenvalue weighted by Crippen LogP contribution is 2.18. The number of aliphatic hydroxyl groups excluding tert-OH is 1. The number of anilines is 1. The standard InChI is InChI=1S/C12H18ClN3O2/c1-16(5-3-2-4-6-17)12(18)9-7-11(14)15-8-10(9)13/h7-8,17H,2-6H2,1H3,(H2,14,15). The van der Waals surface area contributed by atoms with E-state index in [4.69, 9.17) is 22.4 Å². The van der Waals surface area contributed by atoms with Crippen molar-refractivity contribution in [3.63, 3.8) is 0 Å². The molecule has 1 amide bonds. The molecule has 1 heterocycles. The van der Waals surface area contributed by atoms with Crippen LogP contribution < -0.4 is 5.73 Å². The number of rotatable bonds is 6. The summed E-state index contributed by atoms with van der Waals surface area (Å²) in [6, 6.07) is 1.48. The van der Waals surface area contributed by atoms with Crippen molar-refractivity contribution in [2.24, 2.45) is 0 Å². The first-order valence-corrected chi connectivity index (χ1v) is 6.21. The van der Waals surface area contributed by atoms with Crippen LogP contribution in [0.2, 0.25) is 5.02 Å². The Morgan fingerprint density at radius 2 is 2.22 bits per heavy atom. The molecule has 0 aliphatic rings. The second-order valence-electron chi connectivity index (χ2n) is 4.10. The molecule has 100 valence electrons. The van der Waals surface area contributed by atoms with Crippen molar-refractivity contribution in [3.8, 4) is 0 Å². The maximum Gasteiger partial charge on any atom is 0.255 e. The molecule has 5 nitrogen and oxygen atoms in total. The van der Waals surface area contributed by atoms with Crippen molar-refractivity contribution in [2.75, 3.05) is 25.9 Å². The van der Waals surface area contributed by atoms with Crippen LogP contribution in [0.4, 0.5) is 5.82 Å². The number of hydrogen-bond acceptors (Lipinski definition) is 4. The fourth-order valence-electron chi connectivity index (χ4n) is 1.56. The molecule has 0 bridgehead atoms. The van der Waals surface area contributed by atoms with Crippen LogP contribution in [0.3, 0.4) is 0 Å². The number of hydrogen-bond donors (Lipinski definition) is 2. The fourth-order valence-corrected chi connectivity index (χ4v) is 1.75. The Bertz CT molecular complexity index is 412. The lowest BCUT2D eigenvalue weighted by atomic mass is 10.2. The third kappa shape index (κ3) is 4.16. The first kappa shape index (κ1) is 14.7. The van der Waals surface area contributed by atoms with E-state index in [9.17, 15) is 4.79 Å². The van der Waals surface area contributed by atoms with Gasteiger partial charge in [-0.05, 0) is 25.3 Å². The van der Waals surface area contributed by atoms with E-state index >= 15 is 0 Å². The molecule has 0 radical (unpaired) electrons. The van der Waals surface area contributed by atoms with Crippen molar-refractivity contribution >= 4 is 23.3 Å². The van der Waals surface area contributed by atoms with E-state index in [1.165, 1.54) is 12.3 Å². The molecule has 0 saturated carbocycles. The zero-order chi connectivity index (χ0) is 13.5. The molecule has 0 atom stereocenters. The van der Waals surface area contributed by atoms with Crippen molar-refractivity contribution < 1.29 is 9.90 Å². The van der Waals surface area contributed by atoms with Crippen LogP contribution in [-0.4, -0.2) is 41.1 Å². The Kier molecular flexibility index (Phi) is 5.88. The van der Waals surface area contributed by atoms with Crippen LogP contribution in [0.5, 0.6) is 0 Å². The van der Waals surface area contributed by atoms with E-state index in [0.29, 0.717) is 17.1 Å². The Hall–Kier alpha value is -1.33. The summed E-state index contributed by atoms with van der Waals surface area (Å²) in [5, 5.41) is 8.97. The summed E-state index contributed by atoms with van der Waals surface area (Å²) in [7, 11) is 1.72. The van der Waals surface area contributed by atoms with Crippen LogP contribution >= 0.6 is 11.6 Å². The van der Waals surface area contributed by atoms with Gasteiger partial charge in [0.05, 0.1) is 10.6 Å². The molecule has 1 aromatic rings. The number of amides is 1. The predicted molar refractivity (Wildman–Crippen MR) is 71.6 cm³/mol. The molecular weight excluding hydrogens is 254 g/mol. The van der Waals surface area contributed by atoms with Crippen molar-refractivity contribution in [1.82, 2.24) is 9.88 Å². The van der Waals surface area contributed by atoms with Gasteiger partial charge in [0.2, 0.25) is 0 Å². The highest BCUT2D eigenvalue weighted by atomic mass is 35.5. The van der Waals surface area contributed by atoms with E-state index in [1.54, 1.807) is 11.9 Å². The van der Waals surface area contributed by atoms with Crippen LogP contribution in [0.1, 0.15) is 29.6 Å². The zero-order valence-corrected chi connectivity index (χ0v) is 11.2. The Balaban J connectivity index is 2.60. The Morgan fingerprint density at radius 3 is 2.89 bits per heavy atom. The Labute approximate surface area is 112 Å². The number of carbonyl (C=O) groups is 1. The number of pyridine rings is 1. The maximum absolute atomic E-state index is 12.1. The minimum Gasteiger partial charge on any atom is -0.396 e. The lowest BCUT2D eigenvalue weighted by Crippen LogP contribution is -2.28. The molecule has 0 aliphatic carbocycles. The second-order valence-corrected chi connectivity index (χ2v) is 4.51.